The van der Waals surface area contributed by atoms with E-state index < -0.39 is 0 Å². The van der Waals surface area contributed by atoms with Gasteiger partial charge in [-0.15, -0.1) is 0 Å². The molecule has 0 bridgehead atoms. The Morgan fingerprint density at radius 1 is 0.966 bits per heavy atom. The lowest BCUT2D eigenvalue weighted by Crippen LogP contribution is -2.26. The average molecular weight is 403 g/mol. The smallest absolute Gasteiger partial charge is 0.168 e. The van der Waals surface area contributed by atoms with Gasteiger partial charge in [-0.2, -0.15) is 0 Å². The first kappa shape index (κ1) is 22.3. The molecule has 0 N–H and O–H groups in total. The van der Waals surface area contributed by atoms with Crippen molar-refractivity contribution in [2.75, 3.05) is 6.61 Å². The van der Waals surface area contributed by atoms with Crippen molar-refractivity contribution in [2.24, 2.45) is 23.7 Å². The molecular formula is C26H39FO2. The van der Waals surface area contributed by atoms with Crippen LogP contribution in [0.2, 0.25) is 0 Å². The summed E-state index contributed by atoms with van der Waals surface area (Å²) < 4.78 is 19.7. The Hall–Kier alpha value is -1.38. The molecule has 0 aromatic heterocycles. The quantitative estimate of drug-likeness (QED) is 0.420. The molecule has 0 amide bonds. The van der Waals surface area contributed by atoms with Crippen LogP contribution in [0.1, 0.15) is 100 Å². The maximum Gasteiger partial charge on any atom is 0.168 e. The summed E-state index contributed by atoms with van der Waals surface area (Å²) in [5.74, 6) is 3.17. The van der Waals surface area contributed by atoms with E-state index in [9.17, 15) is 9.18 Å². The minimum Gasteiger partial charge on any atom is -0.491 e. The van der Waals surface area contributed by atoms with Gasteiger partial charge in [0.1, 0.15) is 0 Å². The molecule has 0 saturated heterocycles. The van der Waals surface area contributed by atoms with Crippen LogP contribution < -0.4 is 4.74 Å². The molecule has 2 nitrogen and oxygen atoms in total. The van der Waals surface area contributed by atoms with E-state index in [1.165, 1.54) is 51.4 Å². The summed E-state index contributed by atoms with van der Waals surface area (Å²) in [6.07, 6.45) is 13.9. The number of carbonyl (C=O) groups is 1. The SMILES string of the molecule is CCCC1CCC(C2CCC(CC(=O)c3ccc(OCC)c(F)c3C)CC2)CC1. The van der Waals surface area contributed by atoms with Gasteiger partial charge in [-0.3, -0.25) is 4.79 Å². The first-order chi connectivity index (χ1) is 14.0. The molecule has 3 rings (SSSR count). The molecule has 162 valence electrons. The third-order valence-corrected chi connectivity index (χ3v) is 7.57. The monoisotopic (exact) mass is 402 g/mol. The van der Waals surface area contributed by atoms with Crippen LogP contribution in [0.15, 0.2) is 12.1 Å². The van der Waals surface area contributed by atoms with E-state index in [1.807, 2.05) is 6.92 Å². The van der Waals surface area contributed by atoms with E-state index in [4.69, 9.17) is 4.74 Å². The number of hydrogen-bond acceptors (Lipinski definition) is 2. The van der Waals surface area contributed by atoms with Crippen LogP contribution in [-0.4, -0.2) is 12.4 Å². The molecule has 0 unspecified atom stereocenters. The van der Waals surface area contributed by atoms with Crippen LogP contribution in [0.25, 0.3) is 0 Å². The Bertz CT molecular complexity index is 668. The third kappa shape index (κ3) is 5.61. The Morgan fingerprint density at radius 2 is 1.55 bits per heavy atom. The zero-order valence-corrected chi connectivity index (χ0v) is 18.6. The van der Waals surface area contributed by atoms with Crippen molar-refractivity contribution in [1.29, 1.82) is 0 Å². The van der Waals surface area contributed by atoms with Crippen molar-refractivity contribution in [2.45, 2.75) is 91.4 Å². The van der Waals surface area contributed by atoms with Crippen LogP contribution >= 0.6 is 0 Å². The second-order valence-corrected chi connectivity index (χ2v) is 9.46. The van der Waals surface area contributed by atoms with Gasteiger partial charge in [-0.05, 0) is 93.7 Å². The number of benzene rings is 1. The molecule has 1 aromatic rings. The Labute approximate surface area is 176 Å². The second kappa shape index (κ2) is 10.6. The lowest BCUT2D eigenvalue weighted by Gasteiger charge is -2.37. The Morgan fingerprint density at radius 3 is 2.10 bits per heavy atom. The van der Waals surface area contributed by atoms with Gasteiger partial charge in [0.05, 0.1) is 6.61 Å². The predicted molar refractivity (Wildman–Crippen MR) is 117 cm³/mol. The zero-order valence-electron chi connectivity index (χ0n) is 18.6. The fourth-order valence-electron chi connectivity index (χ4n) is 5.82. The third-order valence-electron chi connectivity index (χ3n) is 7.57. The predicted octanol–water partition coefficient (Wildman–Crippen LogP) is 7.52. The highest BCUT2D eigenvalue weighted by Crippen LogP contribution is 2.43. The van der Waals surface area contributed by atoms with Gasteiger partial charge in [0.15, 0.2) is 17.3 Å². The lowest BCUT2D eigenvalue weighted by atomic mass is 9.68. The molecule has 2 aliphatic carbocycles. The van der Waals surface area contributed by atoms with Gasteiger partial charge in [0.25, 0.3) is 0 Å². The van der Waals surface area contributed by atoms with E-state index in [1.54, 1.807) is 19.1 Å². The number of halogens is 1. The van der Waals surface area contributed by atoms with Crippen LogP contribution in [0.5, 0.6) is 5.75 Å². The van der Waals surface area contributed by atoms with Gasteiger partial charge in [0, 0.05) is 12.0 Å². The van der Waals surface area contributed by atoms with Gasteiger partial charge in [-0.25, -0.2) is 4.39 Å². The van der Waals surface area contributed by atoms with Crippen molar-refractivity contribution < 1.29 is 13.9 Å². The maximum absolute atomic E-state index is 14.4. The summed E-state index contributed by atoms with van der Waals surface area (Å²) in [5.41, 5.74) is 0.959. The number of carbonyl (C=O) groups excluding carboxylic acids is 1. The molecule has 29 heavy (non-hydrogen) atoms. The summed E-state index contributed by atoms with van der Waals surface area (Å²) in [5, 5.41) is 0. The summed E-state index contributed by atoms with van der Waals surface area (Å²) in [7, 11) is 0. The molecule has 0 heterocycles. The van der Waals surface area contributed by atoms with Crippen molar-refractivity contribution in [3.8, 4) is 5.75 Å². The Kier molecular flexibility index (Phi) is 8.15. The lowest BCUT2D eigenvalue weighted by molar-refractivity contribution is 0.0918. The minimum atomic E-state index is -0.389. The van der Waals surface area contributed by atoms with Crippen LogP contribution in [0.3, 0.4) is 0 Å². The normalized spacial score (nSPS) is 27.6. The van der Waals surface area contributed by atoms with Crippen molar-refractivity contribution >= 4 is 5.78 Å². The highest BCUT2D eigenvalue weighted by Gasteiger charge is 2.31. The van der Waals surface area contributed by atoms with Crippen LogP contribution in [0.4, 0.5) is 4.39 Å². The average Bonchev–Trinajstić information content (AvgIpc) is 2.73. The standard InChI is InChI=1S/C26H39FO2/c1-4-6-19-7-11-21(12-8-19)22-13-9-20(10-14-22)17-24(28)23-15-16-25(29-5-2)26(27)18(23)3/h15-16,19-22H,4-14,17H2,1-3H3. The summed E-state index contributed by atoms with van der Waals surface area (Å²) in [6, 6.07) is 3.34. The first-order valence-electron chi connectivity index (χ1n) is 12.0. The molecule has 1 aromatic carbocycles. The van der Waals surface area contributed by atoms with Gasteiger partial charge in [0.2, 0.25) is 0 Å². The number of ketones is 1. The molecule has 0 aliphatic heterocycles. The molecule has 0 spiro atoms. The molecule has 2 saturated carbocycles. The van der Waals surface area contributed by atoms with Crippen molar-refractivity contribution in [3.05, 3.63) is 29.1 Å². The van der Waals surface area contributed by atoms with E-state index in [-0.39, 0.29) is 17.3 Å². The fourth-order valence-corrected chi connectivity index (χ4v) is 5.82. The molecule has 0 radical (unpaired) electrons. The van der Waals surface area contributed by atoms with Gasteiger partial charge < -0.3 is 4.74 Å². The molecular weight excluding hydrogens is 363 g/mol. The highest BCUT2D eigenvalue weighted by molar-refractivity contribution is 5.97. The first-order valence-corrected chi connectivity index (χ1v) is 12.0. The van der Waals surface area contributed by atoms with Crippen molar-refractivity contribution in [1.82, 2.24) is 0 Å². The minimum absolute atomic E-state index is 0.0907. The van der Waals surface area contributed by atoms with E-state index in [0.717, 1.165) is 30.6 Å². The second-order valence-electron chi connectivity index (χ2n) is 9.46. The summed E-state index contributed by atoms with van der Waals surface area (Å²) in [4.78, 5) is 12.8. The molecule has 2 aliphatic rings. The number of Topliss-reactive ketones (excluding diaryl/α,β-unsaturated/α-hetero) is 1. The molecule has 3 heteroatoms. The van der Waals surface area contributed by atoms with Gasteiger partial charge in [-0.1, -0.05) is 32.6 Å². The van der Waals surface area contributed by atoms with E-state index in [0.29, 0.717) is 30.1 Å². The highest BCUT2D eigenvalue weighted by atomic mass is 19.1. The van der Waals surface area contributed by atoms with Gasteiger partial charge >= 0.3 is 0 Å². The molecule has 2 fully saturated rings. The largest absolute Gasteiger partial charge is 0.491 e. The molecule has 0 atom stereocenters. The topological polar surface area (TPSA) is 26.3 Å². The van der Waals surface area contributed by atoms with Crippen LogP contribution in [-0.2, 0) is 0 Å². The number of ether oxygens (including phenoxy) is 1. The summed E-state index contributed by atoms with van der Waals surface area (Å²) >= 11 is 0. The number of rotatable bonds is 8. The maximum atomic E-state index is 14.4. The van der Waals surface area contributed by atoms with E-state index >= 15 is 0 Å². The van der Waals surface area contributed by atoms with E-state index in [2.05, 4.69) is 6.92 Å². The fraction of sp³-hybridized carbons (Fsp3) is 0.731. The van der Waals surface area contributed by atoms with Crippen molar-refractivity contribution in [3.63, 3.8) is 0 Å². The summed E-state index contributed by atoms with van der Waals surface area (Å²) in [6.45, 7) is 6.25. The Balaban J connectivity index is 1.48. The van der Waals surface area contributed by atoms with Crippen LogP contribution in [0, 0.1) is 36.4 Å². The zero-order chi connectivity index (χ0) is 20.8. The number of hydrogen-bond donors (Lipinski definition) is 0.